The Bertz CT molecular complexity index is 612. The van der Waals surface area contributed by atoms with Crippen molar-refractivity contribution in [2.24, 2.45) is 0 Å². The van der Waals surface area contributed by atoms with Gasteiger partial charge in [-0.15, -0.1) is 11.6 Å². The first-order chi connectivity index (χ1) is 9.02. The van der Waals surface area contributed by atoms with E-state index in [4.69, 9.17) is 23.2 Å². The van der Waals surface area contributed by atoms with Gasteiger partial charge in [0.1, 0.15) is 5.82 Å². The second kappa shape index (κ2) is 6.25. The van der Waals surface area contributed by atoms with Crippen LogP contribution in [0, 0.1) is 0 Å². The second-order valence-electron chi connectivity index (χ2n) is 4.56. The van der Waals surface area contributed by atoms with Crippen LogP contribution in [0.4, 0.5) is 0 Å². The number of hydrogen-bond acceptors (Lipinski definition) is 2. The minimum absolute atomic E-state index is 0.121. The summed E-state index contributed by atoms with van der Waals surface area (Å²) in [5.41, 5.74) is 1.88. The normalized spacial score (nSPS) is 14.7. The Balaban J connectivity index is 2.54. The molecule has 0 saturated carbocycles. The van der Waals surface area contributed by atoms with Crippen molar-refractivity contribution < 1.29 is 4.21 Å². The number of benzene rings is 1. The first-order valence-corrected chi connectivity index (χ1v) is 8.69. The summed E-state index contributed by atoms with van der Waals surface area (Å²) >= 11 is 11.8. The van der Waals surface area contributed by atoms with E-state index in [2.05, 4.69) is 16.5 Å². The van der Waals surface area contributed by atoms with E-state index in [-0.39, 0.29) is 6.04 Å². The molecule has 0 bridgehead atoms. The van der Waals surface area contributed by atoms with Gasteiger partial charge in [0.05, 0.1) is 11.0 Å². The maximum absolute atomic E-state index is 11.4. The maximum Gasteiger partial charge on any atom is 0.111 e. The van der Waals surface area contributed by atoms with E-state index in [0.29, 0.717) is 23.1 Å². The van der Waals surface area contributed by atoms with Crippen LogP contribution in [0.25, 0.3) is 11.0 Å². The van der Waals surface area contributed by atoms with Crippen molar-refractivity contribution in [3.05, 3.63) is 29.0 Å². The van der Waals surface area contributed by atoms with Crippen LogP contribution in [0.2, 0.25) is 5.02 Å². The minimum Gasteiger partial charge on any atom is -0.324 e. The van der Waals surface area contributed by atoms with E-state index >= 15 is 0 Å². The summed E-state index contributed by atoms with van der Waals surface area (Å²) in [5.74, 6) is 2.03. The average molecular weight is 319 g/mol. The molecule has 0 aliphatic rings. The highest BCUT2D eigenvalue weighted by Crippen LogP contribution is 2.25. The monoisotopic (exact) mass is 318 g/mol. The van der Waals surface area contributed by atoms with Crippen molar-refractivity contribution >= 4 is 45.0 Å². The Morgan fingerprint density at radius 2 is 2.21 bits per heavy atom. The summed E-state index contributed by atoms with van der Waals surface area (Å²) in [6.07, 6.45) is 2.41. The molecule has 1 heterocycles. The predicted octanol–water partition coefficient (Wildman–Crippen LogP) is 3.41. The molecule has 2 atom stereocenters. The van der Waals surface area contributed by atoms with E-state index in [1.54, 1.807) is 6.26 Å². The summed E-state index contributed by atoms with van der Waals surface area (Å²) < 4.78 is 13.6. The van der Waals surface area contributed by atoms with Gasteiger partial charge in [0.15, 0.2) is 0 Å². The van der Waals surface area contributed by atoms with Crippen molar-refractivity contribution in [1.29, 1.82) is 0 Å². The number of alkyl halides is 1. The minimum atomic E-state index is -0.847. The lowest BCUT2D eigenvalue weighted by Crippen LogP contribution is -2.15. The number of nitrogens with zero attached hydrogens (tertiary/aromatic N) is 2. The molecule has 0 fully saturated rings. The number of hydrogen-bond donors (Lipinski definition) is 0. The third-order valence-electron chi connectivity index (χ3n) is 2.96. The van der Waals surface area contributed by atoms with Crippen LogP contribution in [-0.4, -0.2) is 31.6 Å². The third kappa shape index (κ3) is 3.30. The average Bonchev–Trinajstić information content (AvgIpc) is 2.65. The summed E-state index contributed by atoms with van der Waals surface area (Å²) in [4.78, 5) is 4.59. The van der Waals surface area contributed by atoms with Gasteiger partial charge in [-0.1, -0.05) is 11.6 Å². The van der Waals surface area contributed by atoms with Crippen LogP contribution < -0.4 is 0 Å². The van der Waals surface area contributed by atoms with E-state index < -0.39 is 10.8 Å². The second-order valence-corrected chi connectivity index (χ2v) is 6.85. The molecule has 1 aromatic heterocycles. The molecule has 2 aromatic rings. The Hall–Kier alpha value is -0.580. The van der Waals surface area contributed by atoms with Crippen LogP contribution in [0.3, 0.4) is 0 Å². The number of aromatic nitrogens is 2. The summed E-state index contributed by atoms with van der Waals surface area (Å²) in [5, 5.41) is 0.668. The van der Waals surface area contributed by atoms with Crippen molar-refractivity contribution in [2.45, 2.75) is 19.4 Å². The van der Waals surface area contributed by atoms with Gasteiger partial charge < -0.3 is 4.57 Å². The largest absolute Gasteiger partial charge is 0.324 e. The van der Waals surface area contributed by atoms with Crippen molar-refractivity contribution in [3.8, 4) is 0 Å². The molecule has 104 valence electrons. The lowest BCUT2D eigenvalue weighted by Gasteiger charge is -2.16. The van der Waals surface area contributed by atoms with Gasteiger partial charge in [0, 0.05) is 46.2 Å². The van der Waals surface area contributed by atoms with Gasteiger partial charge in [-0.3, -0.25) is 4.21 Å². The molecule has 2 unspecified atom stereocenters. The van der Waals surface area contributed by atoms with Crippen LogP contribution in [0.1, 0.15) is 18.8 Å². The lowest BCUT2D eigenvalue weighted by atomic mass is 10.3. The fourth-order valence-corrected chi connectivity index (χ4v) is 3.45. The van der Waals surface area contributed by atoms with Gasteiger partial charge in [0.25, 0.3) is 0 Å². The molecule has 1 aromatic carbocycles. The quantitative estimate of drug-likeness (QED) is 0.792. The summed E-state index contributed by atoms with van der Waals surface area (Å²) in [6.45, 7) is 2.05. The Kier molecular flexibility index (Phi) is 4.87. The van der Waals surface area contributed by atoms with Crippen LogP contribution in [-0.2, 0) is 17.2 Å². The number of fused-ring (bicyclic) bond motifs is 1. The topological polar surface area (TPSA) is 34.9 Å². The van der Waals surface area contributed by atoms with Crippen molar-refractivity contribution in [1.82, 2.24) is 9.55 Å². The molecule has 0 amide bonds. The van der Waals surface area contributed by atoms with Gasteiger partial charge in [-0.2, -0.15) is 0 Å². The molecule has 0 saturated heterocycles. The highest BCUT2D eigenvalue weighted by Gasteiger charge is 2.16. The van der Waals surface area contributed by atoms with Crippen LogP contribution >= 0.6 is 23.2 Å². The molecule has 0 spiro atoms. The molecular weight excluding hydrogens is 303 g/mol. The third-order valence-corrected chi connectivity index (χ3v) is 4.34. The molecule has 0 aliphatic carbocycles. The summed E-state index contributed by atoms with van der Waals surface area (Å²) in [6, 6.07) is 5.77. The van der Waals surface area contributed by atoms with Gasteiger partial charge >= 0.3 is 0 Å². The molecule has 0 aliphatic heterocycles. The van der Waals surface area contributed by atoms with Crippen LogP contribution in [0.5, 0.6) is 0 Å². The SMILES string of the molecule is CC(CS(C)=O)n1c(CCCl)nc2cc(Cl)ccc21. The van der Waals surface area contributed by atoms with Crippen molar-refractivity contribution in [2.75, 3.05) is 17.9 Å². The van der Waals surface area contributed by atoms with E-state index in [1.807, 2.05) is 18.2 Å². The number of imidazole rings is 1. The first kappa shape index (κ1) is 14.8. The number of rotatable bonds is 5. The predicted molar refractivity (Wildman–Crippen MR) is 82.8 cm³/mol. The lowest BCUT2D eigenvalue weighted by molar-refractivity contribution is 0.587. The van der Waals surface area contributed by atoms with Gasteiger partial charge in [-0.25, -0.2) is 4.98 Å². The molecule has 0 radical (unpaired) electrons. The van der Waals surface area contributed by atoms with E-state index in [9.17, 15) is 4.21 Å². The number of halogens is 2. The first-order valence-electron chi connectivity index (χ1n) is 6.05. The van der Waals surface area contributed by atoms with E-state index in [0.717, 1.165) is 16.9 Å². The zero-order valence-corrected chi connectivity index (χ0v) is 13.2. The molecule has 3 nitrogen and oxygen atoms in total. The number of aryl methyl sites for hydroxylation is 1. The highest BCUT2D eigenvalue weighted by molar-refractivity contribution is 7.84. The van der Waals surface area contributed by atoms with E-state index in [1.165, 1.54) is 0 Å². The zero-order chi connectivity index (χ0) is 14.0. The molecule has 2 rings (SSSR count). The smallest absolute Gasteiger partial charge is 0.111 e. The molecule has 19 heavy (non-hydrogen) atoms. The Morgan fingerprint density at radius 1 is 1.47 bits per heavy atom. The molecule has 0 N–H and O–H groups in total. The summed E-state index contributed by atoms with van der Waals surface area (Å²) in [7, 11) is -0.847. The van der Waals surface area contributed by atoms with Gasteiger partial charge in [0.2, 0.25) is 0 Å². The Morgan fingerprint density at radius 3 is 2.84 bits per heavy atom. The van der Waals surface area contributed by atoms with Gasteiger partial charge in [-0.05, 0) is 25.1 Å². The molecular formula is C13H16Cl2N2OS. The zero-order valence-electron chi connectivity index (χ0n) is 10.9. The van der Waals surface area contributed by atoms with Crippen molar-refractivity contribution in [3.63, 3.8) is 0 Å². The Labute approximate surface area is 125 Å². The fourth-order valence-electron chi connectivity index (χ4n) is 2.29. The molecule has 6 heteroatoms. The maximum atomic E-state index is 11.4. The highest BCUT2D eigenvalue weighted by atomic mass is 35.5. The van der Waals surface area contributed by atoms with Crippen LogP contribution in [0.15, 0.2) is 18.2 Å². The standard InChI is InChI=1S/C13H16Cl2N2OS/c1-9(8-19(2)18)17-12-4-3-10(15)7-11(12)16-13(17)5-6-14/h3-4,7,9H,5-6,8H2,1-2H3. The fraction of sp³-hybridized carbons (Fsp3) is 0.462.